The second kappa shape index (κ2) is 6.25. The van der Waals surface area contributed by atoms with Crippen LogP contribution in [-0.2, 0) is 6.54 Å². The molecule has 0 atom stereocenters. The van der Waals surface area contributed by atoms with Gasteiger partial charge in [-0.05, 0) is 42.4 Å². The van der Waals surface area contributed by atoms with Crippen molar-refractivity contribution in [3.63, 3.8) is 0 Å². The van der Waals surface area contributed by atoms with Gasteiger partial charge in [-0.2, -0.15) is 0 Å². The van der Waals surface area contributed by atoms with E-state index in [4.69, 9.17) is 12.2 Å². The van der Waals surface area contributed by atoms with Crippen LogP contribution in [0.15, 0.2) is 42.5 Å². The molecule has 104 valence electrons. The van der Waals surface area contributed by atoms with Crippen molar-refractivity contribution >= 4 is 23.0 Å². The fourth-order valence-corrected chi connectivity index (χ4v) is 1.96. The number of nitrogens with one attached hydrogen (secondary N) is 2. The molecule has 0 aliphatic rings. The molecule has 0 radical (unpaired) electrons. The van der Waals surface area contributed by atoms with Crippen LogP contribution in [-0.4, -0.2) is 15.3 Å². The van der Waals surface area contributed by atoms with Gasteiger partial charge in [-0.1, -0.05) is 24.3 Å². The molecule has 0 aliphatic heterocycles. The second-order valence-electron chi connectivity index (χ2n) is 4.44. The average Bonchev–Trinajstić information content (AvgIpc) is 2.41. The highest BCUT2D eigenvalue weighted by Crippen LogP contribution is 2.26. The van der Waals surface area contributed by atoms with E-state index in [1.165, 1.54) is 17.7 Å². The Kier molecular flexibility index (Phi) is 4.42. The number of benzene rings is 2. The summed E-state index contributed by atoms with van der Waals surface area (Å²) in [7, 11) is 0. The van der Waals surface area contributed by atoms with E-state index in [1.54, 1.807) is 6.07 Å². The van der Waals surface area contributed by atoms with E-state index in [0.29, 0.717) is 17.3 Å². The quantitative estimate of drug-likeness (QED) is 0.397. The first-order chi connectivity index (χ1) is 9.56. The van der Waals surface area contributed by atoms with Crippen LogP contribution in [0.3, 0.4) is 0 Å². The van der Waals surface area contributed by atoms with Gasteiger partial charge >= 0.3 is 0 Å². The molecule has 4 nitrogen and oxygen atoms in total. The Morgan fingerprint density at radius 3 is 2.60 bits per heavy atom. The van der Waals surface area contributed by atoms with Gasteiger partial charge in [0.05, 0.1) is 5.69 Å². The van der Waals surface area contributed by atoms with Gasteiger partial charge < -0.3 is 20.8 Å². The summed E-state index contributed by atoms with van der Waals surface area (Å²) < 4.78 is 0. The van der Waals surface area contributed by atoms with Gasteiger partial charge in [-0.15, -0.1) is 0 Å². The number of phenolic OH excluding ortho intramolecular Hbond substituents is 2. The molecule has 0 aliphatic carbocycles. The van der Waals surface area contributed by atoms with E-state index in [0.717, 1.165) is 5.56 Å². The summed E-state index contributed by atoms with van der Waals surface area (Å²) in [6, 6.07) is 12.3. The van der Waals surface area contributed by atoms with E-state index in [9.17, 15) is 10.2 Å². The molecule has 2 aromatic rings. The molecule has 20 heavy (non-hydrogen) atoms. The van der Waals surface area contributed by atoms with Crippen molar-refractivity contribution < 1.29 is 10.2 Å². The lowest BCUT2D eigenvalue weighted by molar-refractivity contribution is 0.452. The minimum atomic E-state index is -0.0509. The number of aryl methyl sites for hydroxylation is 1. The fraction of sp³-hybridized carbons (Fsp3) is 0.133. The van der Waals surface area contributed by atoms with Gasteiger partial charge in [0.1, 0.15) is 11.5 Å². The molecule has 5 heteroatoms. The maximum absolute atomic E-state index is 9.66. The Labute approximate surface area is 123 Å². The first-order valence-electron chi connectivity index (χ1n) is 6.17. The van der Waals surface area contributed by atoms with Crippen LogP contribution in [0.25, 0.3) is 0 Å². The minimum absolute atomic E-state index is 0.00633. The van der Waals surface area contributed by atoms with Crippen LogP contribution in [0, 0.1) is 6.92 Å². The Morgan fingerprint density at radius 2 is 1.90 bits per heavy atom. The van der Waals surface area contributed by atoms with Crippen LogP contribution < -0.4 is 10.6 Å². The SMILES string of the molecule is Cc1ccccc1CNC(=S)Nc1ccc(O)cc1O. The number of rotatable bonds is 3. The first-order valence-corrected chi connectivity index (χ1v) is 6.58. The standard InChI is InChI=1S/C15H16N2O2S/c1-10-4-2-3-5-11(10)9-16-15(20)17-13-7-6-12(18)8-14(13)19/h2-8,18-19H,9H2,1H3,(H2,16,17,20). The maximum atomic E-state index is 9.66. The monoisotopic (exact) mass is 288 g/mol. The van der Waals surface area contributed by atoms with Crippen LogP contribution in [0.4, 0.5) is 5.69 Å². The summed E-state index contributed by atoms with van der Waals surface area (Å²) in [5.41, 5.74) is 2.80. The lowest BCUT2D eigenvalue weighted by atomic mass is 10.1. The molecule has 0 saturated carbocycles. The molecule has 0 spiro atoms. The van der Waals surface area contributed by atoms with Crippen molar-refractivity contribution in [2.45, 2.75) is 13.5 Å². The zero-order valence-corrected chi connectivity index (χ0v) is 11.9. The lowest BCUT2D eigenvalue weighted by Crippen LogP contribution is -2.28. The van der Waals surface area contributed by atoms with Crippen LogP contribution >= 0.6 is 12.2 Å². The Balaban J connectivity index is 1.94. The van der Waals surface area contributed by atoms with E-state index in [2.05, 4.69) is 10.6 Å². The highest BCUT2D eigenvalue weighted by atomic mass is 32.1. The molecule has 0 unspecified atom stereocenters. The summed E-state index contributed by atoms with van der Waals surface area (Å²) >= 11 is 5.18. The van der Waals surface area contributed by atoms with Gasteiger partial charge in [-0.25, -0.2) is 0 Å². The van der Waals surface area contributed by atoms with E-state index in [1.807, 2.05) is 31.2 Å². The van der Waals surface area contributed by atoms with E-state index in [-0.39, 0.29) is 11.5 Å². The van der Waals surface area contributed by atoms with Crippen molar-refractivity contribution in [3.05, 3.63) is 53.6 Å². The van der Waals surface area contributed by atoms with Gasteiger partial charge in [-0.3, -0.25) is 0 Å². The molecule has 2 aromatic carbocycles. The van der Waals surface area contributed by atoms with Crippen molar-refractivity contribution in [3.8, 4) is 11.5 Å². The molecule has 0 bridgehead atoms. The minimum Gasteiger partial charge on any atom is -0.508 e. The topological polar surface area (TPSA) is 64.5 Å². The summed E-state index contributed by atoms with van der Waals surface area (Å²) in [6.07, 6.45) is 0. The smallest absolute Gasteiger partial charge is 0.171 e. The van der Waals surface area contributed by atoms with Gasteiger partial charge in [0.2, 0.25) is 0 Å². The highest BCUT2D eigenvalue weighted by molar-refractivity contribution is 7.80. The van der Waals surface area contributed by atoms with Gasteiger partial charge in [0.15, 0.2) is 5.11 Å². The van der Waals surface area contributed by atoms with Crippen molar-refractivity contribution in [1.82, 2.24) is 5.32 Å². The number of anilines is 1. The normalized spacial score (nSPS) is 10.1. The molecule has 0 saturated heterocycles. The summed E-state index contributed by atoms with van der Waals surface area (Å²) in [5, 5.41) is 25.3. The molecule has 0 aromatic heterocycles. The van der Waals surface area contributed by atoms with Gasteiger partial charge in [0.25, 0.3) is 0 Å². The summed E-state index contributed by atoms with van der Waals surface area (Å²) in [6.45, 7) is 2.65. The Bertz CT molecular complexity index is 629. The Morgan fingerprint density at radius 1 is 1.15 bits per heavy atom. The number of hydrogen-bond donors (Lipinski definition) is 4. The van der Waals surface area contributed by atoms with Crippen molar-refractivity contribution in [1.29, 1.82) is 0 Å². The number of thiocarbonyl (C=S) groups is 1. The molecular weight excluding hydrogens is 272 g/mol. The van der Waals surface area contributed by atoms with Crippen molar-refractivity contribution in [2.75, 3.05) is 5.32 Å². The molecule has 4 N–H and O–H groups in total. The van der Waals surface area contributed by atoms with E-state index >= 15 is 0 Å². The van der Waals surface area contributed by atoms with Gasteiger partial charge in [0, 0.05) is 12.6 Å². The number of aromatic hydroxyl groups is 2. The third-order valence-corrected chi connectivity index (χ3v) is 3.18. The molecule has 0 fully saturated rings. The summed E-state index contributed by atoms with van der Waals surface area (Å²) in [4.78, 5) is 0. The molecular formula is C15H16N2O2S. The first kappa shape index (κ1) is 14.1. The predicted octanol–water partition coefficient (Wildman–Crippen LogP) is 2.89. The molecule has 2 rings (SSSR count). The second-order valence-corrected chi connectivity index (χ2v) is 4.84. The lowest BCUT2D eigenvalue weighted by Gasteiger charge is -2.13. The molecule has 0 heterocycles. The largest absolute Gasteiger partial charge is 0.508 e. The highest BCUT2D eigenvalue weighted by Gasteiger charge is 2.04. The zero-order chi connectivity index (χ0) is 14.5. The number of phenols is 2. The molecule has 0 amide bonds. The predicted molar refractivity (Wildman–Crippen MR) is 84.0 cm³/mol. The number of hydrogen-bond acceptors (Lipinski definition) is 3. The van der Waals surface area contributed by atoms with E-state index < -0.39 is 0 Å². The zero-order valence-electron chi connectivity index (χ0n) is 11.1. The third kappa shape index (κ3) is 3.61. The van der Waals surface area contributed by atoms with Crippen LogP contribution in [0.2, 0.25) is 0 Å². The van der Waals surface area contributed by atoms with Crippen molar-refractivity contribution in [2.24, 2.45) is 0 Å². The summed E-state index contributed by atoms with van der Waals surface area (Å²) in [5.74, 6) is -0.0446. The van der Waals surface area contributed by atoms with Crippen LogP contribution in [0.5, 0.6) is 11.5 Å². The maximum Gasteiger partial charge on any atom is 0.171 e. The van der Waals surface area contributed by atoms with Crippen LogP contribution in [0.1, 0.15) is 11.1 Å². The fourth-order valence-electron chi connectivity index (χ4n) is 1.78. The third-order valence-electron chi connectivity index (χ3n) is 2.93. The Hall–Kier alpha value is -2.27. The average molecular weight is 288 g/mol.